The zero-order chi connectivity index (χ0) is 14.9. The zero-order valence-corrected chi connectivity index (χ0v) is 11.9. The van der Waals surface area contributed by atoms with E-state index in [1.807, 2.05) is 6.07 Å². The lowest BCUT2D eigenvalue weighted by molar-refractivity contribution is 0.428. The summed E-state index contributed by atoms with van der Waals surface area (Å²) in [5.41, 5.74) is 0.168. The maximum absolute atomic E-state index is 12.7. The average Bonchev–Trinajstić information content (AvgIpc) is 3.17. The van der Waals surface area contributed by atoms with Crippen LogP contribution in [0.1, 0.15) is 18.0 Å². The summed E-state index contributed by atoms with van der Waals surface area (Å²) in [5, 5.41) is 16.7. The van der Waals surface area contributed by atoms with Gasteiger partial charge < -0.3 is 0 Å². The van der Waals surface area contributed by atoms with E-state index in [9.17, 15) is 8.42 Å². The maximum Gasteiger partial charge on any atom is 0.244 e. The molecule has 0 unspecified atom stereocenters. The predicted molar refractivity (Wildman–Crippen MR) is 73.6 cm³/mol. The monoisotopic (exact) mass is 303 g/mol. The molecule has 2 aromatic rings. The molecule has 1 aromatic carbocycles. The molecular formula is C13H13N5O2S. The first-order valence-electron chi connectivity index (χ1n) is 6.48. The summed E-state index contributed by atoms with van der Waals surface area (Å²) in [5.74, 6) is 0. The quantitative estimate of drug-likeness (QED) is 0.835. The van der Waals surface area contributed by atoms with E-state index in [1.54, 1.807) is 29.2 Å². The molecule has 1 aliphatic heterocycles. The van der Waals surface area contributed by atoms with Crippen molar-refractivity contribution in [1.29, 1.82) is 5.26 Å². The van der Waals surface area contributed by atoms with Gasteiger partial charge in [0.05, 0.1) is 22.7 Å². The fourth-order valence-corrected chi connectivity index (χ4v) is 4.11. The van der Waals surface area contributed by atoms with Crippen LogP contribution in [0.5, 0.6) is 0 Å². The van der Waals surface area contributed by atoms with Crippen molar-refractivity contribution >= 4 is 10.0 Å². The van der Waals surface area contributed by atoms with E-state index in [2.05, 4.69) is 10.3 Å². The number of nitriles is 1. The Kier molecular flexibility index (Phi) is 3.45. The van der Waals surface area contributed by atoms with E-state index in [-0.39, 0.29) is 16.5 Å². The van der Waals surface area contributed by atoms with E-state index >= 15 is 0 Å². The number of rotatable bonds is 3. The Morgan fingerprint density at radius 3 is 2.86 bits per heavy atom. The third kappa shape index (κ3) is 2.41. The molecule has 21 heavy (non-hydrogen) atoms. The standard InChI is InChI=1S/C13H13N5O2S/c14-9-11-3-1-2-4-13(11)21(19,20)17-7-5-12(10-17)18-8-6-15-16-18/h1-4,6,8,12H,5,7,10H2/t12-/m1/s1. The second-order valence-corrected chi connectivity index (χ2v) is 6.70. The predicted octanol–water partition coefficient (Wildman–Crippen LogP) is 0.785. The van der Waals surface area contributed by atoms with Gasteiger partial charge in [-0.25, -0.2) is 13.1 Å². The summed E-state index contributed by atoms with van der Waals surface area (Å²) < 4.78 is 28.4. The molecule has 7 nitrogen and oxygen atoms in total. The van der Waals surface area contributed by atoms with Crippen molar-refractivity contribution in [1.82, 2.24) is 19.3 Å². The Morgan fingerprint density at radius 2 is 2.14 bits per heavy atom. The highest BCUT2D eigenvalue weighted by atomic mass is 32.2. The summed E-state index contributed by atoms with van der Waals surface area (Å²) in [7, 11) is -3.66. The lowest BCUT2D eigenvalue weighted by Crippen LogP contribution is -2.30. The lowest BCUT2D eigenvalue weighted by Gasteiger charge is -2.17. The Hall–Kier alpha value is -2.24. The number of aromatic nitrogens is 3. The van der Waals surface area contributed by atoms with Crippen LogP contribution in [-0.4, -0.2) is 40.8 Å². The number of nitrogens with zero attached hydrogens (tertiary/aromatic N) is 5. The Balaban J connectivity index is 1.89. The van der Waals surface area contributed by atoms with Gasteiger partial charge in [-0.05, 0) is 18.6 Å². The molecule has 8 heteroatoms. The van der Waals surface area contributed by atoms with Crippen molar-refractivity contribution in [2.24, 2.45) is 0 Å². The van der Waals surface area contributed by atoms with E-state index < -0.39 is 10.0 Å². The minimum Gasteiger partial charge on any atom is -0.248 e. The number of benzene rings is 1. The van der Waals surface area contributed by atoms with Gasteiger partial charge in [-0.1, -0.05) is 17.3 Å². The van der Waals surface area contributed by atoms with Crippen LogP contribution in [-0.2, 0) is 10.0 Å². The number of hydrogen-bond donors (Lipinski definition) is 0. The van der Waals surface area contributed by atoms with Gasteiger partial charge in [-0.2, -0.15) is 9.57 Å². The maximum atomic E-state index is 12.7. The van der Waals surface area contributed by atoms with Crippen LogP contribution in [0.3, 0.4) is 0 Å². The third-order valence-corrected chi connectivity index (χ3v) is 5.49. The van der Waals surface area contributed by atoms with E-state index in [4.69, 9.17) is 5.26 Å². The SMILES string of the molecule is N#Cc1ccccc1S(=O)(=O)N1CC[C@@H](n2ccnn2)C1. The highest BCUT2D eigenvalue weighted by molar-refractivity contribution is 7.89. The molecule has 0 amide bonds. The molecule has 1 saturated heterocycles. The van der Waals surface area contributed by atoms with Crippen LogP contribution in [0, 0.1) is 11.3 Å². The van der Waals surface area contributed by atoms with Gasteiger partial charge in [0, 0.05) is 19.3 Å². The summed E-state index contributed by atoms with van der Waals surface area (Å²) in [6.45, 7) is 0.748. The van der Waals surface area contributed by atoms with Gasteiger partial charge >= 0.3 is 0 Å². The summed E-state index contributed by atoms with van der Waals surface area (Å²) in [6.07, 6.45) is 3.98. The van der Waals surface area contributed by atoms with Gasteiger partial charge in [0.15, 0.2) is 0 Å². The average molecular weight is 303 g/mol. The minimum absolute atomic E-state index is 0.0171. The fourth-order valence-electron chi connectivity index (χ4n) is 2.48. The van der Waals surface area contributed by atoms with Crippen molar-refractivity contribution in [2.75, 3.05) is 13.1 Å². The van der Waals surface area contributed by atoms with Crippen LogP contribution in [0.2, 0.25) is 0 Å². The molecule has 3 rings (SSSR count). The Bertz CT molecular complexity index is 779. The number of sulfonamides is 1. The van der Waals surface area contributed by atoms with Crippen LogP contribution < -0.4 is 0 Å². The molecule has 1 aliphatic rings. The fraction of sp³-hybridized carbons (Fsp3) is 0.308. The third-order valence-electron chi connectivity index (χ3n) is 3.57. The van der Waals surface area contributed by atoms with Gasteiger partial charge in [-0.15, -0.1) is 5.10 Å². The van der Waals surface area contributed by atoms with Gasteiger partial charge in [0.25, 0.3) is 0 Å². The van der Waals surface area contributed by atoms with E-state index in [1.165, 1.54) is 16.4 Å². The molecule has 1 aromatic heterocycles. The molecule has 0 saturated carbocycles. The smallest absolute Gasteiger partial charge is 0.244 e. The first-order valence-corrected chi connectivity index (χ1v) is 7.92. The van der Waals surface area contributed by atoms with Crippen molar-refractivity contribution in [3.8, 4) is 6.07 Å². The lowest BCUT2D eigenvalue weighted by atomic mass is 10.2. The summed E-state index contributed by atoms with van der Waals surface area (Å²) in [6, 6.07) is 8.17. The molecule has 108 valence electrons. The van der Waals surface area contributed by atoms with Gasteiger partial charge in [0.2, 0.25) is 10.0 Å². The first kappa shape index (κ1) is 13.7. The molecule has 0 aliphatic carbocycles. The molecule has 2 heterocycles. The van der Waals surface area contributed by atoms with Crippen molar-refractivity contribution in [2.45, 2.75) is 17.4 Å². The van der Waals surface area contributed by atoms with Crippen molar-refractivity contribution in [3.05, 3.63) is 42.2 Å². The van der Waals surface area contributed by atoms with E-state index in [0.29, 0.717) is 19.5 Å². The molecule has 0 N–H and O–H groups in total. The molecule has 0 radical (unpaired) electrons. The molecule has 0 bridgehead atoms. The second kappa shape index (κ2) is 5.27. The van der Waals surface area contributed by atoms with Crippen LogP contribution in [0.25, 0.3) is 0 Å². The normalized spacial score (nSPS) is 19.5. The van der Waals surface area contributed by atoms with Gasteiger partial charge in [0.1, 0.15) is 6.07 Å². The molecule has 1 fully saturated rings. The molecule has 0 spiro atoms. The van der Waals surface area contributed by atoms with Crippen LogP contribution in [0.15, 0.2) is 41.6 Å². The minimum atomic E-state index is -3.66. The Labute approximate surface area is 122 Å². The second-order valence-electron chi connectivity index (χ2n) is 4.80. The van der Waals surface area contributed by atoms with Crippen molar-refractivity contribution < 1.29 is 8.42 Å². The Morgan fingerprint density at radius 1 is 1.33 bits per heavy atom. The highest BCUT2D eigenvalue weighted by Crippen LogP contribution is 2.28. The van der Waals surface area contributed by atoms with Crippen LogP contribution in [0.4, 0.5) is 0 Å². The van der Waals surface area contributed by atoms with Crippen LogP contribution >= 0.6 is 0 Å². The van der Waals surface area contributed by atoms with E-state index in [0.717, 1.165) is 0 Å². The zero-order valence-electron chi connectivity index (χ0n) is 11.1. The van der Waals surface area contributed by atoms with Crippen molar-refractivity contribution in [3.63, 3.8) is 0 Å². The highest BCUT2D eigenvalue weighted by Gasteiger charge is 2.34. The summed E-state index contributed by atoms with van der Waals surface area (Å²) in [4.78, 5) is 0.0618. The topological polar surface area (TPSA) is 91.9 Å². The molecule has 1 atom stereocenters. The number of hydrogen-bond acceptors (Lipinski definition) is 5. The summed E-state index contributed by atoms with van der Waals surface area (Å²) >= 11 is 0. The van der Waals surface area contributed by atoms with Gasteiger partial charge in [-0.3, -0.25) is 0 Å². The molecular weight excluding hydrogens is 290 g/mol. The first-order chi connectivity index (χ1) is 10.1. The largest absolute Gasteiger partial charge is 0.248 e.